The molecule has 74 valence electrons. The van der Waals surface area contributed by atoms with Crippen molar-refractivity contribution in [1.29, 1.82) is 0 Å². The monoisotopic (exact) mass is 174 g/mol. The Morgan fingerprint density at radius 1 is 1.42 bits per heavy atom. The summed E-state index contributed by atoms with van der Waals surface area (Å²) in [5.74, 6) is 6.07. The molecule has 0 aromatic rings. The van der Waals surface area contributed by atoms with Crippen molar-refractivity contribution < 1.29 is 4.74 Å². The first-order valence-corrected chi connectivity index (χ1v) is 4.71. The average molecular weight is 174 g/mol. The summed E-state index contributed by atoms with van der Waals surface area (Å²) < 4.78 is 5.01. The molecule has 0 fully saturated rings. The number of methoxy groups -OCH3 is 1. The number of nitrogens with one attached hydrogen (secondary N) is 1. The SMILES string of the molecule is CCCC(C)C(CCOC)NN. The van der Waals surface area contributed by atoms with E-state index in [0.717, 1.165) is 13.0 Å². The van der Waals surface area contributed by atoms with E-state index in [2.05, 4.69) is 19.3 Å². The fourth-order valence-electron chi connectivity index (χ4n) is 1.43. The molecule has 3 heteroatoms. The first kappa shape index (κ1) is 11.9. The quantitative estimate of drug-likeness (QED) is 0.451. The minimum atomic E-state index is 0.393. The van der Waals surface area contributed by atoms with Gasteiger partial charge in [-0.15, -0.1) is 0 Å². The van der Waals surface area contributed by atoms with Crippen molar-refractivity contribution in [1.82, 2.24) is 5.43 Å². The van der Waals surface area contributed by atoms with E-state index in [1.165, 1.54) is 12.8 Å². The van der Waals surface area contributed by atoms with Gasteiger partial charge >= 0.3 is 0 Å². The number of hydrazine groups is 1. The topological polar surface area (TPSA) is 47.3 Å². The van der Waals surface area contributed by atoms with Crippen molar-refractivity contribution in [3.8, 4) is 0 Å². The van der Waals surface area contributed by atoms with Gasteiger partial charge in [0.25, 0.3) is 0 Å². The molecule has 0 spiro atoms. The molecule has 0 aliphatic rings. The van der Waals surface area contributed by atoms with Crippen LogP contribution < -0.4 is 11.3 Å². The smallest absolute Gasteiger partial charge is 0.0477 e. The molecule has 2 atom stereocenters. The number of hydrogen-bond acceptors (Lipinski definition) is 3. The zero-order chi connectivity index (χ0) is 9.40. The fraction of sp³-hybridized carbons (Fsp3) is 1.00. The lowest BCUT2D eigenvalue weighted by Gasteiger charge is -2.22. The van der Waals surface area contributed by atoms with E-state index in [0.29, 0.717) is 12.0 Å². The molecule has 0 saturated carbocycles. The molecule has 2 unspecified atom stereocenters. The molecular formula is C9H22N2O. The summed E-state index contributed by atoms with van der Waals surface area (Å²) >= 11 is 0. The molecule has 0 amide bonds. The second-order valence-corrected chi connectivity index (χ2v) is 3.32. The van der Waals surface area contributed by atoms with Crippen LogP contribution in [0.15, 0.2) is 0 Å². The maximum atomic E-state index is 5.44. The average Bonchev–Trinajstić information content (AvgIpc) is 2.06. The molecule has 0 saturated heterocycles. The third-order valence-corrected chi connectivity index (χ3v) is 2.28. The lowest BCUT2D eigenvalue weighted by Crippen LogP contribution is -2.40. The summed E-state index contributed by atoms with van der Waals surface area (Å²) in [6, 6.07) is 0.393. The molecule has 0 aliphatic carbocycles. The Hall–Kier alpha value is -0.120. The van der Waals surface area contributed by atoms with Gasteiger partial charge in [-0.25, -0.2) is 0 Å². The van der Waals surface area contributed by atoms with E-state index in [1.807, 2.05) is 0 Å². The molecule has 3 N–H and O–H groups in total. The highest BCUT2D eigenvalue weighted by Gasteiger charge is 2.13. The lowest BCUT2D eigenvalue weighted by atomic mass is 9.95. The van der Waals surface area contributed by atoms with Crippen LogP contribution in [0.5, 0.6) is 0 Å². The van der Waals surface area contributed by atoms with Crippen molar-refractivity contribution in [2.75, 3.05) is 13.7 Å². The Balaban J connectivity index is 3.62. The summed E-state index contributed by atoms with van der Waals surface area (Å²) in [5.41, 5.74) is 2.84. The van der Waals surface area contributed by atoms with Gasteiger partial charge in [-0.1, -0.05) is 20.3 Å². The van der Waals surface area contributed by atoms with E-state index in [4.69, 9.17) is 10.6 Å². The standard InChI is InChI=1S/C9H22N2O/c1-4-5-8(2)9(11-10)6-7-12-3/h8-9,11H,4-7,10H2,1-3H3. The van der Waals surface area contributed by atoms with Crippen molar-refractivity contribution in [3.63, 3.8) is 0 Å². The van der Waals surface area contributed by atoms with Gasteiger partial charge in [0.2, 0.25) is 0 Å². The molecule has 0 rings (SSSR count). The van der Waals surface area contributed by atoms with Crippen LogP contribution in [0.4, 0.5) is 0 Å². The fourth-order valence-corrected chi connectivity index (χ4v) is 1.43. The van der Waals surface area contributed by atoms with E-state index >= 15 is 0 Å². The Morgan fingerprint density at radius 3 is 2.50 bits per heavy atom. The Bertz CT molecular complexity index is 98.5. The second kappa shape index (κ2) is 7.53. The zero-order valence-corrected chi connectivity index (χ0v) is 8.47. The third-order valence-electron chi connectivity index (χ3n) is 2.28. The van der Waals surface area contributed by atoms with Gasteiger partial charge in [0.15, 0.2) is 0 Å². The van der Waals surface area contributed by atoms with Crippen molar-refractivity contribution in [3.05, 3.63) is 0 Å². The Labute approximate surface area is 75.6 Å². The molecule has 12 heavy (non-hydrogen) atoms. The van der Waals surface area contributed by atoms with E-state index in [1.54, 1.807) is 7.11 Å². The first-order chi connectivity index (χ1) is 5.76. The van der Waals surface area contributed by atoms with E-state index in [-0.39, 0.29) is 0 Å². The van der Waals surface area contributed by atoms with Gasteiger partial charge in [0.1, 0.15) is 0 Å². The van der Waals surface area contributed by atoms with Crippen LogP contribution in [0.2, 0.25) is 0 Å². The van der Waals surface area contributed by atoms with Crippen LogP contribution in [0.25, 0.3) is 0 Å². The molecule has 0 aromatic heterocycles. The largest absolute Gasteiger partial charge is 0.385 e. The van der Waals surface area contributed by atoms with Crippen LogP contribution in [-0.4, -0.2) is 19.8 Å². The van der Waals surface area contributed by atoms with Gasteiger partial charge in [0.05, 0.1) is 0 Å². The molecule has 3 nitrogen and oxygen atoms in total. The molecule has 0 aliphatic heterocycles. The third kappa shape index (κ3) is 4.70. The van der Waals surface area contributed by atoms with Gasteiger partial charge in [-0.2, -0.15) is 0 Å². The summed E-state index contributed by atoms with van der Waals surface area (Å²) in [7, 11) is 1.72. The zero-order valence-electron chi connectivity index (χ0n) is 8.47. The van der Waals surface area contributed by atoms with E-state index < -0.39 is 0 Å². The Kier molecular flexibility index (Phi) is 7.45. The van der Waals surface area contributed by atoms with Gasteiger partial charge < -0.3 is 4.74 Å². The molecular weight excluding hydrogens is 152 g/mol. The van der Waals surface area contributed by atoms with Gasteiger partial charge in [0, 0.05) is 19.8 Å². The maximum Gasteiger partial charge on any atom is 0.0477 e. The summed E-state index contributed by atoms with van der Waals surface area (Å²) in [6.07, 6.45) is 3.43. The van der Waals surface area contributed by atoms with Crippen LogP contribution in [0, 0.1) is 5.92 Å². The number of rotatable bonds is 7. The van der Waals surface area contributed by atoms with Gasteiger partial charge in [-0.05, 0) is 18.8 Å². The van der Waals surface area contributed by atoms with Crippen molar-refractivity contribution in [2.45, 2.75) is 39.2 Å². The van der Waals surface area contributed by atoms with Gasteiger partial charge in [-0.3, -0.25) is 11.3 Å². The van der Waals surface area contributed by atoms with Crippen molar-refractivity contribution >= 4 is 0 Å². The predicted octanol–water partition coefficient (Wildman–Crippen LogP) is 1.29. The maximum absolute atomic E-state index is 5.44. The lowest BCUT2D eigenvalue weighted by molar-refractivity contribution is 0.170. The second-order valence-electron chi connectivity index (χ2n) is 3.32. The summed E-state index contributed by atoms with van der Waals surface area (Å²) in [6.45, 7) is 5.20. The highest BCUT2D eigenvalue weighted by atomic mass is 16.5. The minimum Gasteiger partial charge on any atom is -0.385 e. The number of hydrogen-bond donors (Lipinski definition) is 2. The minimum absolute atomic E-state index is 0.393. The number of nitrogens with two attached hydrogens (primary N) is 1. The normalized spacial score (nSPS) is 16.0. The van der Waals surface area contributed by atoms with E-state index in [9.17, 15) is 0 Å². The number of ether oxygens (including phenoxy) is 1. The highest BCUT2D eigenvalue weighted by Crippen LogP contribution is 2.12. The molecule has 0 heterocycles. The van der Waals surface area contributed by atoms with Crippen LogP contribution >= 0.6 is 0 Å². The predicted molar refractivity (Wildman–Crippen MR) is 51.7 cm³/mol. The molecule has 0 aromatic carbocycles. The van der Waals surface area contributed by atoms with Crippen molar-refractivity contribution in [2.24, 2.45) is 11.8 Å². The molecule has 0 radical (unpaired) electrons. The highest BCUT2D eigenvalue weighted by molar-refractivity contribution is 4.70. The first-order valence-electron chi connectivity index (χ1n) is 4.71. The Morgan fingerprint density at radius 2 is 2.08 bits per heavy atom. The van der Waals surface area contributed by atoms with Crippen LogP contribution in [-0.2, 0) is 4.74 Å². The summed E-state index contributed by atoms with van der Waals surface area (Å²) in [4.78, 5) is 0. The van der Waals surface area contributed by atoms with Crippen LogP contribution in [0.1, 0.15) is 33.1 Å². The van der Waals surface area contributed by atoms with Crippen LogP contribution in [0.3, 0.4) is 0 Å². The summed E-state index contributed by atoms with van der Waals surface area (Å²) in [5, 5.41) is 0. The molecule has 0 bridgehead atoms.